The van der Waals surface area contributed by atoms with Crippen molar-refractivity contribution in [3.8, 4) is 11.5 Å². The first-order chi connectivity index (χ1) is 11.7. The lowest BCUT2D eigenvalue weighted by Crippen LogP contribution is -2.25. The zero-order valence-electron chi connectivity index (χ0n) is 14.5. The molecular weight excluding hydrogens is 296 g/mol. The molecule has 2 aromatic rings. The molecule has 2 aliphatic carbocycles. The Hall–Kier alpha value is -2.22. The van der Waals surface area contributed by atoms with Gasteiger partial charge in [-0.15, -0.1) is 0 Å². The van der Waals surface area contributed by atoms with Crippen molar-refractivity contribution in [3.05, 3.63) is 65.2 Å². The molecule has 24 heavy (non-hydrogen) atoms. The lowest BCUT2D eigenvalue weighted by molar-refractivity contribution is 0.353. The van der Waals surface area contributed by atoms with Crippen molar-refractivity contribution in [1.82, 2.24) is 0 Å². The van der Waals surface area contributed by atoms with E-state index >= 15 is 0 Å². The van der Waals surface area contributed by atoms with E-state index in [1.165, 1.54) is 36.0 Å². The molecule has 124 valence electrons. The number of hydrogen-bond acceptors (Lipinski definition) is 2. The SMILES string of the molecule is COc1ccc(C[C@@]23CCCC=C2c2cc(OC)ccc2C3)cc1. The number of benzene rings is 2. The number of allylic oxidation sites excluding steroid dienone is 2. The minimum atomic E-state index is 0.252. The molecule has 0 N–H and O–H groups in total. The van der Waals surface area contributed by atoms with E-state index in [0.717, 1.165) is 24.3 Å². The molecule has 0 radical (unpaired) electrons. The summed E-state index contributed by atoms with van der Waals surface area (Å²) in [6.07, 6.45) is 8.45. The van der Waals surface area contributed by atoms with Gasteiger partial charge in [-0.3, -0.25) is 0 Å². The maximum Gasteiger partial charge on any atom is 0.119 e. The lowest BCUT2D eigenvalue weighted by Gasteiger charge is -2.34. The van der Waals surface area contributed by atoms with Crippen LogP contribution in [0, 0.1) is 5.41 Å². The maximum atomic E-state index is 5.45. The van der Waals surface area contributed by atoms with Gasteiger partial charge in [-0.2, -0.15) is 0 Å². The third-order valence-corrected chi connectivity index (χ3v) is 5.62. The number of fused-ring (bicyclic) bond motifs is 3. The molecular formula is C22H24O2. The summed E-state index contributed by atoms with van der Waals surface area (Å²) in [6.45, 7) is 0. The second kappa shape index (κ2) is 6.01. The second-order valence-electron chi connectivity index (χ2n) is 7.02. The van der Waals surface area contributed by atoms with E-state index in [9.17, 15) is 0 Å². The summed E-state index contributed by atoms with van der Waals surface area (Å²) in [5.41, 5.74) is 6.06. The summed E-state index contributed by atoms with van der Waals surface area (Å²) in [6, 6.07) is 15.1. The van der Waals surface area contributed by atoms with Gasteiger partial charge in [-0.1, -0.05) is 24.3 Å². The highest BCUT2D eigenvalue weighted by Crippen LogP contribution is 2.54. The highest BCUT2D eigenvalue weighted by Gasteiger charge is 2.42. The fourth-order valence-electron chi connectivity index (χ4n) is 4.45. The normalized spacial score (nSPS) is 21.7. The van der Waals surface area contributed by atoms with Crippen molar-refractivity contribution in [3.63, 3.8) is 0 Å². The first-order valence-electron chi connectivity index (χ1n) is 8.75. The molecule has 0 spiro atoms. The van der Waals surface area contributed by atoms with Crippen LogP contribution in [-0.4, -0.2) is 14.2 Å². The molecule has 0 bridgehead atoms. The van der Waals surface area contributed by atoms with Crippen molar-refractivity contribution in [1.29, 1.82) is 0 Å². The van der Waals surface area contributed by atoms with Crippen LogP contribution in [0.15, 0.2) is 48.5 Å². The molecule has 0 saturated heterocycles. The first kappa shape index (κ1) is 15.3. The fourth-order valence-corrected chi connectivity index (χ4v) is 4.45. The molecule has 0 amide bonds. The Morgan fingerprint density at radius 1 is 0.958 bits per heavy atom. The topological polar surface area (TPSA) is 18.5 Å². The molecule has 0 aromatic heterocycles. The van der Waals surface area contributed by atoms with Gasteiger partial charge in [0.15, 0.2) is 0 Å². The Morgan fingerprint density at radius 3 is 2.46 bits per heavy atom. The van der Waals surface area contributed by atoms with Crippen LogP contribution >= 0.6 is 0 Å². The summed E-state index contributed by atoms with van der Waals surface area (Å²) in [4.78, 5) is 0. The quantitative estimate of drug-likeness (QED) is 0.784. The van der Waals surface area contributed by atoms with E-state index in [1.807, 2.05) is 0 Å². The van der Waals surface area contributed by atoms with Crippen molar-refractivity contribution in [2.24, 2.45) is 5.41 Å². The molecule has 1 atom stereocenters. The summed E-state index contributed by atoms with van der Waals surface area (Å²) in [7, 11) is 3.47. The van der Waals surface area contributed by atoms with Crippen LogP contribution in [0.25, 0.3) is 5.57 Å². The summed E-state index contributed by atoms with van der Waals surface area (Å²) in [5, 5.41) is 0. The average molecular weight is 320 g/mol. The monoisotopic (exact) mass is 320 g/mol. The predicted octanol–water partition coefficient (Wildman–Crippen LogP) is 5.06. The Bertz CT molecular complexity index is 773. The molecule has 4 rings (SSSR count). The Balaban J connectivity index is 1.70. The van der Waals surface area contributed by atoms with E-state index in [0.29, 0.717) is 0 Å². The van der Waals surface area contributed by atoms with Gasteiger partial charge < -0.3 is 9.47 Å². The van der Waals surface area contributed by atoms with Crippen LogP contribution in [-0.2, 0) is 12.8 Å². The number of ether oxygens (including phenoxy) is 2. The van der Waals surface area contributed by atoms with E-state index < -0.39 is 0 Å². The molecule has 2 nitrogen and oxygen atoms in total. The molecule has 2 heteroatoms. The van der Waals surface area contributed by atoms with E-state index in [-0.39, 0.29) is 5.41 Å². The molecule has 0 unspecified atom stereocenters. The van der Waals surface area contributed by atoms with Crippen molar-refractivity contribution in [2.75, 3.05) is 14.2 Å². The third kappa shape index (κ3) is 2.50. The minimum Gasteiger partial charge on any atom is -0.497 e. The van der Waals surface area contributed by atoms with Crippen molar-refractivity contribution in [2.45, 2.75) is 32.1 Å². The van der Waals surface area contributed by atoms with Crippen molar-refractivity contribution < 1.29 is 9.47 Å². The smallest absolute Gasteiger partial charge is 0.119 e. The standard InChI is InChI=1S/C22H24O2/c1-23-18-9-6-16(7-10-18)14-22-12-4-3-5-21(22)20-13-19(24-2)11-8-17(20)15-22/h5-11,13H,3-4,12,14-15H2,1-2H3/t22-/m1/s1. The largest absolute Gasteiger partial charge is 0.497 e. The number of hydrogen-bond donors (Lipinski definition) is 0. The third-order valence-electron chi connectivity index (χ3n) is 5.62. The van der Waals surface area contributed by atoms with Gasteiger partial charge in [0.25, 0.3) is 0 Å². The number of methoxy groups -OCH3 is 2. The van der Waals surface area contributed by atoms with Gasteiger partial charge in [-0.05, 0) is 78.6 Å². The highest BCUT2D eigenvalue weighted by atomic mass is 16.5. The molecule has 0 aliphatic heterocycles. The molecule has 2 aromatic carbocycles. The maximum absolute atomic E-state index is 5.45. The van der Waals surface area contributed by atoms with Crippen LogP contribution in [0.2, 0.25) is 0 Å². The van der Waals surface area contributed by atoms with Gasteiger partial charge in [0, 0.05) is 5.41 Å². The molecule has 0 saturated carbocycles. The molecule has 0 heterocycles. The van der Waals surface area contributed by atoms with Gasteiger partial charge >= 0.3 is 0 Å². The van der Waals surface area contributed by atoms with E-state index in [2.05, 4.69) is 48.5 Å². The summed E-state index contributed by atoms with van der Waals surface area (Å²) >= 11 is 0. The van der Waals surface area contributed by atoms with E-state index in [4.69, 9.17) is 9.47 Å². The van der Waals surface area contributed by atoms with Crippen molar-refractivity contribution >= 4 is 5.57 Å². The molecule has 0 fully saturated rings. The Labute approximate surface area is 144 Å². The highest BCUT2D eigenvalue weighted by molar-refractivity contribution is 5.79. The zero-order chi connectivity index (χ0) is 16.6. The molecule has 2 aliphatic rings. The Morgan fingerprint density at radius 2 is 1.71 bits per heavy atom. The van der Waals surface area contributed by atoms with Gasteiger partial charge in [0.2, 0.25) is 0 Å². The lowest BCUT2D eigenvalue weighted by atomic mass is 9.69. The van der Waals surface area contributed by atoms with Gasteiger partial charge in [0.05, 0.1) is 14.2 Å². The minimum absolute atomic E-state index is 0.252. The van der Waals surface area contributed by atoms with Crippen LogP contribution in [0.4, 0.5) is 0 Å². The van der Waals surface area contributed by atoms with Crippen LogP contribution in [0.5, 0.6) is 11.5 Å². The number of rotatable bonds is 4. The zero-order valence-corrected chi connectivity index (χ0v) is 14.5. The van der Waals surface area contributed by atoms with Crippen LogP contribution in [0.3, 0.4) is 0 Å². The fraction of sp³-hybridized carbons (Fsp3) is 0.364. The Kier molecular flexibility index (Phi) is 3.84. The summed E-state index contributed by atoms with van der Waals surface area (Å²) in [5.74, 6) is 1.88. The van der Waals surface area contributed by atoms with Gasteiger partial charge in [0.1, 0.15) is 11.5 Å². The second-order valence-corrected chi connectivity index (χ2v) is 7.02. The predicted molar refractivity (Wildman–Crippen MR) is 97.7 cm³/mol. The summed E-state index contributed by atoms with van der Waals surface area (Å²) < 4.78 is 10.7. The van der Waals surface area contributed by atoms with Gasteiger partial charge in [-0.25, -0.2) is 0 Å². The van der Waals surface area contributed by atoms with Crippen LogP contribution in [0.1, 0.15) is 36.0 Å². The first-order valence-corrected chi connectivity index (χ1v) is 8.75. The van der Waals surface area contributed by atoms with E-state index in [1.54, 1.807) is 19.8 Å². The van der Waals surface area contributed by atoms with Crippen LogP contribution < -0.4 is 9.47 Å². The average Bonchev–Trinajstić information content (AvgIpc) is 2.95.